The van der Waals surface area contributed by atoms with Gasteiger partial charge in [-0.15, -0.1) is 0 Å². The molecule has 0 aliphatic rings. The van der Waals surface area contributed by atoms with Gasteiger partial charge in [0, 0.05) is 29.0 Å². The number of halogens is 1. The fourth-order valence-electron chi connectivity index (χ4n) is 2.85. The van der Waals surface area contributed by atoms with Gasteiger partial charge in [-0.05, 0) is 36.2 Å². The Bertz CT molecular complexity index is 701. The summed E-state index contributed by atoms with van der Waals surface area (Å²) in [6.07, 6.45) is 0. The van der Waals surface area contributed by atoms with Gasteiger partial charge in [-0.1, -0.05) is 41.9 Å². The summed E-state index contributed by atoms with van der Waals surface area (Å²) in [5.41, 5.74) is 10.8. The molecule has 0 saturated heterocycles. The SMILES string of the molecule is CCn1c(-c2ccc(Cl)cc2)c(CN)c2ccccc21. The maximum Gasteiger partial charge on any atom is 0.0536 e. The van der Waals surface area contributed by atoms with Crippen LogP contribution in [-0.2, 0) is 13.1 Å². The molecule has 20 heavy (non-hydrogen) atoms. The second kappa shape index (κ2) is 5.31. The molecule has 3 heteroatoms. The number of hydrogen-bond donors (Lipinski definition) is 1. The van der Waals surface area contributed by atoms with Gasteiger partial charge < -0.3 is 10.3 Å². The Hall–Kier alpha value is -1.77. The quantitative estimate of drug-likeness (QED) is 0.757. The van der Waals surface area contributed by atoms with Crippen LogP contribution in [0.25, 0.3) is 22.2 Å². The highest BCUT2D eigenvalue weighted by molar-refractivity contribution is 6.30. The van der Waals surface area contributed by atoms with Crippen molar-refractivity contribution in [2.45, 2.75) is 20.0 Å². The van der Waals surface area contributed by atoms with Crippen molar-refractivity contribution in [3.05, 3.63) is 59.1 Å². The Morgan fingerprint density at radius 3 is 2.40 bits per heavy atom. The molecule has 0 saturated carbocycles. The van der Waals surface area contributed by atoms with E-state index in [2.05, 4.69) is 47.9 Å². The lowest BCUT2D eigenvalue weighted by molar-refractivity contribution is 0.800. The predicted molar refractivity (Wildman–Crippen MR) is 85.9 cm³/mol. The molecule has 3 rings (SSSR count). The van der Waals surface area contributed by atoms with Crippen LogP contribution in [0.15, 0.2) is 48.5 Å². The van der Waals surface area contributed by atoms with Crippen molar-refractivity contribution in [3.8, 4) is 11.3 Å². The molecule has 0 amide bonds. The van der Waals surface area contributed by atoms with E-state index in [0.29, 0.717) is 6.54 Å². The normalized spacial score (nSPS) is 11.2. The number of nitrogens with two attached hydrogens (primary N) is 1. The van der Waals surface area contributed by atoms with E-state index in [1.54, 1.807) is 0 Å². The molecular formula is C17H17ClN2. The first-order valence-corrected chi connectivity index (χ1v) is 7.20. The van der Waals surface area contributed by atoms with Gasteiger partial charge >= 0.3 is 0 Å². The van der Waals surface area contributed by atoms with Gasteiger partial charge in [0.25, 0.3) is 0 Å². The molecule has 0 unspecified atom stereocenters. The van der Waals surface area contributed by atoms with Crippen molar-refractivity contribution in [1.29, 1.82) is 0 Å². The molecule has 2 nitrogen and oxygen atoms in total. The first-order valence-electron chi connectivity index (χ1n) is 6.82. The number of hydrogen-bond acceptors (Lipinski definition) is 1. The number of aromatic nitrogens is 1. The third kappa shape index (κ3) is 2.01. The van der Waals surface area contributed by atoms with E-state index in [1.165, 1.54) is 22.2 Å². The Morgan fingerprint density at radius 1 is 1.05 bits per heavy atom. The molecular weight excluding hydrogens is 268 g/mol. The largest absolute Gasteiger partial charge is 0.340 e. The summed E-state index contributed by atoms with van der Waals surface area (Å²) < 4.78 is 2.32. The highest BCUT2D eigenvalue weighted by atomic mass is 35.5. The molecule has 3 aromatic rings. The lowest BCUT2D eigenvalue weighted by Crippen LogP contribution is -2.01. The fraction of sp³-hybridized carbons (Fsp3) is 0.176. The van der Waals surface area contributed by atoms with Crippen molar-refractivity contribution in [1.82, 2.24) is 4.57 Å². The van der Waals surface area contributed by atoms with Crippen LogP contribution in [-0.4, -0.2) is 4.57 Å². The summed E-state index contributed by atoms with van der Waals surface area (Å²) in [6, 6.07) is 16.4. The van der Waals surface area contributed by atoms with E-state index in [9.17, 15) is 0 Å². The molecule has 0 atom stereocenters. The fourth-order valence-corrected chi connectivity index (χ4v) is 2.97. The Balaban J connectivity index is 2.35. The molecule has 0 bridgehead atoms. The van der Waals surface area contributed by atoms with Gasteiger partial charge in [0.2, 0.25) is 0 Å². The molecule has 0 aliphatic carbocycles. The predicted octanol–water partition coefficient (Wildman–Crippen LogP) is 4.44. The van der Waals surface area contributed by atoms with Gasteiger partial charge in [-0.3, -0.25) is 0 Å². The minimum absolute atomic E-state index is 0.533. The van der Waals surface area contributed by atoms with E-state index >= 15 is 0 Å². The number of fused-ring (bicyclic) bond motifs is 1. The minimum atomic E-state index is 0.533. The topological polar surface area (TPSA) is 30.9 Å². The first-order chi connectivity index (χ1) is 9.76. The third-order valence-corrected chi connectivity index (χ3v) is 3.97. The highest BCUT2D eigenvalue weighted by Crippen LogP contribution is 2.34. The average molecular weight is 285 g/mol. The average Bonchev–Trinajstić information content (AvgIpc) is 2.81. The monoisotopic (exact) mass is 284 g/mol. The van der Waals surface area contributed by atoms with Crippen molar-refractivity contribution in [2.75, 3.05) is 0 Å². The van der Waals surface area contributed by atoms with Crippen LogP contribution >= 0.6 is 11.6 Å². The minimum Gasteiger partial charge on any atom is -0.340 e. The number of nitrogens with zero attached hydrogens (tertiary/aromatic N) is 1. The van der Waals surface area contributed by atoms with E-state index in [0.717, 1.165) is 17.1 Å². The maximum atomic E-state index is 6.01. The van der Waals surface area contributed by atoms with Crippen LogP contribution < -0.4 is 5.73 Å². The first kappa shape index (κ1) is 13.2. The summed E-state index contributed by atoms with van der Waals surface area (Å²) in [6.45, 7) is 3.61. The van der Waals surface area contributed by atoms with Crippen molar-refractivity contribution in [3.63, 3.8) is 0 Å². The molecule has 2 aromatic carbocycles. The van der Waals surface area contributed by atoms with Crippen LogP contribution in [0, 0.1) is 0 Å². The van der Waals surface area contributed by atoms with Crippen LogP contribution in [0.3, 0.4) is 0 Å². The Kier molecular flexibility index (Phi) is 3.51. The molecule has 2 N–H and O–H groups in total. The van der Waals surface area contributed by atoms with E-state index in [4.69, 9.17) is 17.3 Å². The maximum absolute atomic E-state index is 6.01. The van der Waals surface area contributed by atoms with E-state index in [1.807, 2.05) is 12.1 Å². The number of rotatable bonds is 3. The summed E-state index contributed by atoms with van der Waals surface area (Å²) in [5, 5.41) is 1.99. The van der Waals surface area contributed by atoms with Gasteiger partial charge in [0.05, 0.1) is 5.69 Å². The summed E-state index contributed by atoms with van der Waals surface area (Å²) >= 11 is 5.99. The molecule has 0 aliphatic heterocycles. The second-order valence-electron chi connectivity index (χ2n) is 4.80. The molecule has 1 heterocycles. The van der Waals surface area contributed by atoms with Crippen LogP contribution in [0.4, 0.5) is 0 Å². The summed E-state index contributed by atoms with van der Waals surface area (Å²) in [7, 11) is 0. The van der Waals surface area contributed by atoms with Crippen LogP contribution in [0.1, 0.15) is 12.5 Å². The van der Waals surface area contributed by atoms with Crippen molar-refractivity contribution >= 4 is 22.5 Å². The zero-order chi connectivity index (χ0) is 14.1. The van der Waals surface area contributed by atoms with Gasteiger partial charge in [0.15, 0.2) is 0 Å². The molecule has 102 valence electrons. The van der Waals surface area contributed by atoms with Crippen molar-refractivity contribution in [2.24, 2.45) is 5.73 Å². The summed E-state index contributed by atoms with van der Waals surface area (Å²) in [4.78, 5) is 0. The number of benzene rings is 2. The van der Waals surface area contributed by atoms with Gasteiger partial charge in [-0.25, -0.2) is 0 Å². The van der Waals surface area contributed by atoms with Gasteiger partial charge in [0.1, 0.15) is 0 Å². The van der Waals surface area contributed by atoms with E-state index < -0.39 is 0 Å². The number of para-hydroxylation sites is 1. The zero-order valence-corrected chi connectivity index (χ0v) is 12.2. The van der Waals surface area contributed by atoms with Crippen molar-refractivity contribution < 1.29 is 0 Å². The number of aryl methyl sites for hydroxylation is 1. The smallest absolute Gasteiger partial charge is 0.0536 e. The Morgan fingerprint density at radius 2 is 1.75 bits per heavy atom. The lowest BCUT2D eigenvalue weighted by Gasteiger charge is -2.10. The second-order valence-corrected chi connectivity index (χ2v) is 5.24. The standard InChI is InChI=1S/C17H17ClN2/c1-2-20-16-6-4-3-5-14(16)15(11-19)17(20)12-7-9-13(18)10-8-12/h3-10H,2,11,19H2,1H3. The van der Waals surface area contributed by atoms with E-state index in [-0.39, 0.29) is 0 Å². The van der Waals surface area contributed by atoms with Gasteiger partial charge in [-0.2, -0.15) is 0 Å². The Labute approximate surface area is 123 Å². The lowest BCUT2D eigenvalue weighted by atomic mass is 10.1. The molecule has 0 spiro atoms. The zero-order valence-electron chi connectivity index (χ0n) is 11.4. The molecule has 0 fully saturated rings. The summed E-state index contributed by atoms with van der Waals surface area (Å²) in [5.74, 6) is 0. The molecule has 0 radical (unpaired) electrons. The van der Waals surface area contributed by atoms with Crippen LogP contribution in [0.2, 0.25) is 5.02 Å². The molecule has 1 aromatic heterocycles. The third-order valence-electron chi connectivity index (χ3n) is 3.71. The van der Waals surface area contributed by atoms with Crippen LogP contribution in [0.5, 0.6) is 0 Å². The highest BCUT2D eigenvalue weighted by Gasteiger charge is 2.16.